The van der Waals surface area contributed by atoms with Gasteiger partial charge in [0.15, 0.2) is 17.3 Å². The van der Waals surface area contributed by atoms with Crippen molar-refractivity contribution in [2.75, 3.05) is 6.61 Å². The van der Waals surface area contributed by atoms with Crippen molar-refractivity contribution >= 4 is 11.0 Å². The molecule has 0 unspecified atom stereocenters. The minimum atomic E-state index is -1.75. The van der Waals surface area contributed by atoms with Gasteiger partial charge in [-0.25, -0.2) is 0 Å². The van der Waals surface area contributed by atoms with Gasteiger partial charge in [0.1, 0.15) is 46.9 Å². The summed E-state index contributed by atoms with van der Waals surface area (Å²) in [6, 6.07) is 5.38. The fourth-order valence-corrected chi connectivity index (χ4v) is 3.54. The Morgan fingerprint density at radius 2 is 1.70 bits per heavy atom. The summed E-state index contributed by atoms with van der Waals surface area (Å²) in [5.41, 5.74) is -1.16. The van der Waals surface area contributed by atoms with Crippen LogP contribution in [0.15, 0.2) is 39.5 Å². The van der Waals surface area contributed by atoms with Crippen molar-refractivity contribution in [3.05, 3.63) is 40.6 Å². The molecule has 176 valence electrons. The van der Waals surface area contributed by atoms with Crippen molar-refractivity contribution in [3.8, 4) is 40.1 Å². The molecule has 0 bridgehead atoms. The van der Waals surface area contributed by atoms with Gasteiger partial charge in [0.05, 0.1) is 6.61 Å². The molecular weight excluding hydrogens is 444 g/mol. The van der Waals surface area contributed by atoms with Crippen LogP contribution in [0.2, 0.25) is 0 Å². The molecule has 0 radical (unpaired) electrons. The minimum Gasteiger partial charge on any atom is -0.508 e. The Kier molecular flexibility index (Phi) is 5.78. The zero-order valence-corrected chi connectivity index (χ0v) is 16.7. The summed E-state index contributed by atoms with van der Waals surface area (Å²) in [6.07, 6.45) is -8.11. The summed E-state index contributed by atoms with van der Waals surface area (Å²) in [5.74, 6) is -3.00. The summed E-state index contributed by atoms with van der Waals surface area (Å²) in [6.45, 7) is -0.783. The Hall–Kier alpha value is -3.55. The van der Waals surface area contributed by atoms with E-state index in [-0.39, 0.29) is 22.3 Å². The number of benzene rings is 2. The first kappa shape index (κ1) is 22.6. The van der Waals surface area contributed by atoms with Crippen LogP contribution in [0.3, 0.4) is 0 Å². The molecule has 1 aromatic heterocycles. The molecule has 0 saturated carbocycles. The van der Waals surface area contributed by atoms with E-state index in [9.17, 15) is 40.5 Å². The molecular formula is C21H20O12. The van der Waals surface area contributed by atoms with Crippen LogP contribution in [0.5, 0.6) is 28.7 Å². The summed E-state index contributed by atoms with van der Waals surface area (Å²) < 4.78 is 16.5. The fraction of sp³-hybridized carbons (Fsp3) is 0.286. The zero-order valence-electron chi connectivity index (χ0n) is 16.7. The predicted molar refractivity (Wildman–Crippen MR) is 109 cm³/mol. The second-order valence-electron chi connectivity index (χ2n) is 7.45. The van der Waals surface area contributed by atoms with Crippen molar-refractivity contribution in [2.45, 2.75) is 30.7 Å². The predicted octanol–water partition coefficient (Wildman–Crippen LogP) is -0.539. The van der Waals surface area contributed by atoms with Gasteiger partial charge in [0.2, 0.25) is 17.5 Å². The molecule has 33 heavy (non-hydrogen) atoms. The van der Waals surface area contributed by atoms with Gasteiger partial charge in [-0.1, -0.05) is 0 Å². The molecule has 2 aromatic carbocycles. The lowest BCUT2D eigenvalue weighted by molar-refractivity contribution is -0.137. The molecule has 12 nitrogen and oxygen atoms in total. The number of phenols is 4. The van der Waals surface area contributed by atoms with Crippen LogP contribution < -0.4 is 10.2 Å². The first-order valence-corrected chi connectivity index (χ1v) is 9.64. The van der Waals surface area contributed by atoms with Gasteiger partial charge in [-0.3, -0.25) is 4.79 Å². The van der Waals surface area contributed by atoms with Crippen molar-refractivity contribution in [2.24, 2.45) is 0 Å². The van der Waals surface area contributed by atoms with Crippen LogP contribution in [-0.4, -0.2) is 78.2 Å². The molecule has 1 aliphatic heterocycles. The number of hydrogen-bond donors (Lipinski definition) is 8. The lowest BCUT2D eigenvalue weighted by Gasteiger charge is -2.19. The topological polar surface area (TPSA) is 211 Å². The molecule has 4 rings (SSSR count). The average molecular weight is 464 g/mol. The van der Waals surface area contributed by atoms with Crippen molar-refractivity contribution < 1.29 is 54.7 Å². The second-order valence-corrected chi connectivity index (χ2v) is 7.45. The Labute approximate surface area is 184 Å². The van der Waals surface area contributed by atoms with Crippen molar-refractivity contribution in [1.29, 1.82) is 0 Å². The minimum absolute atomic E-state index is 0.0297. The first-order valence-electron chi connectivity index (χ1n) is 9.64. The Balaban J connectivity index is 1.88. The van der Waals surface area contributed by atoms with Crippen LogP contribution in [0.4, 0.5) is 0 Å². The number of fused-ring (bicyclic) bond motifs is 1. The lowest BCUT2D eigenvalue weighted by atomic mass is 10.1. The standard InChI is InChI=1S/C21H20O12/c22-6-12(27)19-16(29)17(30)21(32-19)33-20-15(28)14-11(26)4-8(23)5-13(14)31-18(20)7-1-2-9(24)10(25)3-7/h1-5,12,16-17,19,21-27,29-30H,6H2/t12-,16-,17+,19-,21+/m1/s1. The molecule has 1 fully saturated rings. The van der Waals surface area contributed by atoms with E-state index in [4.69, 9.17) is 19.0 Å². The quantitative estimate of drug-likeness (QED) is 0.224. The number of rotatable bonds is 5. The number of aliphatic hydroxyl groups is 4. The van der Waals surface area contributed by atoms with Gasteiger partial charge in [-0.15, -0.1) is 0 Å². The molecule has 12 heteroatoms. The summed E-state index contributed by atoms with van der Waals surface area (Å²) >= 11 is 0. The van der Waals surface area contributed by atoms with Crippen LogP contribution >= 0.6 is 0 Å². The van der Waals surface area contributed by atoms with E-state index in [0.717, 1.165) is 24.3 Å². The molecule has 5 atom stereocenters. The van der Waals surface area contributed by atoms with E-state index < -0.39 is 71.5 Å². The van der Waals surface area contributed by atoms with Crippen LogP contribution in [0.1, 0.15) is 0 Å². The lowest BCUT2D eigenvalue weighted by Crippen LogP contribution is -2.40. The molecule has 0 amide bonds. The molecule has 3 aromatic rings. The van der Waals surface area contributed by atoms with E-state index in [1.54, 1.807) is 0 Å². The van der Waals surface area contributed by atoms with E-state index in [1.807, 2.05) is 0 Å². The highest BCUT2D eigenvalue weighted by molar-refractivity contribution is 5.88. The molecule has 8 N–H and O–H groups in total. The third-order valence-corrected chi connectivity index (χ3v) is 5.21. The van der Waals surface area contributed by atoms with E-state index in [1.165, 1.54) is 6.07 Å². The zero-order chi connectivity index (χ0) is 24.0. The van der Waals surface area contributed by atoms with Gasteiger partial charge in [-0.05, 0) is 18.2 Å². The normalized spacial score (nSPS) is 23.6. The maximum Gasteiger partial charge on any atom is 0.239 e. The van der Waals surface area contributed by atoms with Crippen molar-refractivity contribution in [3.63, 3.8) is 0 Å². The highest BCUT2D eigenvalue weighted by atomic mass is 16.7. The van der Waals surface area contributed by atoms with E-state index >= 15 is 0 Å². The smallest absolute Gasteiger partial charge is 0.239 e. The van der Waals surface area contributed by atoms with Gasteiger partial charge in [0.25, 0.3) is 0 Å². The molecule has 1 aliphatic rings. The van der Waals surface area contributed by atoms with Gasteiger partial charge < -0.3 is 54.7 Å². The highest BCUT2D eigenvalue weighted by Crippen LogP contribution is 2.39. The molecule has 1 saturated heterocycles. The third-order valence-electron chi connectivity index (χ3n) is 5.21. The SMILES string of the molecule is O=c1c(O[C@@H]2O[C@H]([C@H](O)CO)[C@H](O)[C@@H]2O)c(-c2ccc(O)c(O)c2)oc2cc(O)cc(O)c12. The van der Waals surface area contributed by atoms with E-state index in [2.05, 4.69) is 0 Å². The highest BCUT2D eigenvalue weighted by Gasteiger charge is 2.47. The number of phenolic OH excluding ortho intramolecular Hbond substituents is 4. The molecule has 2 heterocycles. The average Bonchev–Trinajstić information content (AvgIpc) is 3.04. The summed E-state index contributed by atoms with van der Waals surface area (Å²) in [5, 5.41) is 78.3. The molecule has 0 aliphatic carbocycles. The Morgan fingerprint density at radius 1 is 0.970 bits per heavy atom. The van der Waals surface area contributed by atoms with Gasteiger partial charge in [-0.2, -0.15) is 0 Å². The number of aromatic hydroxyl groups is 4. The fourth-order valence-electron chi connectivity index (χ4n) is 3.54. The number of hydrogen-bond acceptors (Lipinski definition) is 12. The third kappa shape index (κ3) is 3.90. The van der Waals surface area contributed by atoms with Gasteiger partial charge in [0, 0.05) is 17.7 Å². The Bertz CT molecular complexity index is 1250. The maximum atomic E-state index is 13.2. The van der Waals surface area contributed by atoms with Crippen LogP contribution in [0.25, 0.3) is 22.3 Å². The Morgan fingerprint density at radius 3 is 2.36 bits per heavy atom. The first-order chi connectivity index (χ1) is 15.6. The van der Waals surface area contributed by atoms with Gasteiger partial charge >= 0.3 is 0 Å². The summed E-state index contributed by atoms with van der Waals surface area (Å²) in [4.78, 5) is 13.2. The number of ether oxygens (including phenoxy) is 2. The van der Waals surface area contributed by atoms with E-state index in [0.29, 0.717) is 0 Å². The molecule has 0 spiro atoms. The van der Waals surface area contributed by atoms with Crippen LogP contribution in [0, 0.1) is 0 Å². The van der Waals surface area contributed by atoms with Crippen LogP contribution in [-0.2, 0) is 4.74 Å². The van der Waals surface area contributed by atoms with Crippen molar-refractivity contribution in [1.82, 2.24) is 0 Å². The summed E-state index contributed by atoms with van der Waals surface area (Å²) in [7, 11) is 0. The second kappa shape index (κ2) is 8.42. The number of aliphatic hydroxyl groups excluding tert-OH is 4. The monoisotopic (exact) mass is 464 g/mol. The largest absolute Gasteiger partial charge is 0.508 e. The maximum absolute atomic E-state index is 13.2.